The van der Waals surface area contributed by atoms with Gasteiger partial charge >= 0.3 is 7.60 Å². The number of hydrogen-bond acceptors (Lipinski definition) is 8. The average Bonchev–Trinajstić information content (AvgIpc) is 3.34. The van der Waals surface area contributed by atoms with Crippen LogP contribution >= 0.6 is 18.9 Å². The number of unbranched alkanes of at least 4 members (excludes halogenated alkanes) is 1. The number of aryl methyl sites for hydroxylation is 1. The third-order valence-electron chi connectivity index (χ3n) is 5.17. The molecule has 0 amide bonds. The molecule has 0 saturated heterocycles. The van der Waals surface area contributed by atoms with Crippen LogP contribution in [0, 0.1) is 0 Å². The Kier molecular flexibility index (Phi) is 8.40. The van der Waals surface area contributed by atoms with Crippen LogP contribution in [0.2, 0.25) is 0 Å². The molecule has 3 aromatic carbocycles. The van der Waals surface area contributed by atoms with Crippen LogP contribution in [0.4, 0.5) is 5.13 Å². The molecule has 7 nitrogen and oxygen atoms in total. The zero-order valence-electron chi connectivity index (χ0n) is 19.7. The van der Waals surface area contributed by atoms with Crippen molar-refractivity contribution in [2.75, 3.05) is 12.4 Å². The zero-order valence-corrected chi connectivity index (χ0v) is 21.4. The van der Waals surface area contributed by atoms with Crippen LogP contribution in [-0.4, -0.2) is 17.3 Å². The van der Waals surface area contributed by atoms with Crippen LogP contribution in [0.25, 0.3) is 0 Å². The number of rotatable bonds is 12. The van der Waals surface area contributed by atoms with Gasteiger partial charge in [0.15, 0.2) is 5.78 Å². The molecule has 0 bridgehead atoms. The minimum Gasteiger partial charge on any atom is -0.497 e. The van der Waals surface area contributed by atoms with Crippen molar-refractivity contribution in [3.63, 3.8) is 0 Å². The van der Waals surface area contributed by atoms with E-state index in [1.807, 2.05) is 60.7 Å². The van der Waals surface area contributed by atoms with E-state index in [9.17, 15) is 4.57 Å². The highest BCUT2D eigenvalue weighted by atomic mass is 32.1. The SMILES string of the molecule is CCCCc1nnc(NC(c2ccc(OC)cc2)P(=O)(Oc2ccccc2)Oc2ccccc2)s1. The topological polar surface area (TPSA) is 82.6 Å². The maximum absolute atomic E-state index is 14.6. The number of ether oxygens (including phenoxy) is 1. The number of para-hydroxylation sites is 2. The molecular weight excluding hydrogens is 481 g/mol. The fourth-order valence-corrected chi connectivity index (χ4v) is 6.16. The van der Waals surface area contributed by atoms with Gasteiger partial charge in [0.1, 0.15) is 22.3 Å². The van der Waals surface area contributed by atoms with Crippen LogP contribution in [0.1, 0.15) is 36.1 Å². The predicted octanol–water partition coefficient (Wildman–Crippen LogP) is 7.35. The van der Waals surface area contributed by atoms with Gasteiger partial charge in [-0.15, -0.1) is 10.2 Å². The summed E-state index contributed by atoms with van der Waals surface area (Å²) >= 11 is 1.44. The van der Waals surface area contributed by atoms with E-state index in [0.717, 1.165) is 24.3 Å². The lowest BCUT2D eigenvalue weighted by Gasteiger charge is -2.28. The van der Waals surface area contributed by atoms with E-state index in [1.54, 1.807) is 31.4 Å². The van der Waals surface area contributed by atoms with E-state index in [4.69, 9.17) is 13.8 Å². The maximum atomic E-state index is 14.6. The normalized spacial score (nSPS) is 12.1. The number of anilines is 1. The first-order valence-corrected chi connectivity index (χ1v) is 13.8. The number of benzene rings is 3. The Hall–Kier alpha value is -3.35. The second-order valence-corrected chi connectivity index (χ2v) is 10.8. The second kappa shape index (κ2) is 11.9. The molecule has 0 aliphatic heterocycles. The van der Waals surface area contributed by atoms with Gasteiger partial charge in [-0.25, -0.2) is 4.57 Å². The fourth-order valence-electron chi connectivity index (χ4n) is 3.37. The molecule has 1 unspecified atom stereocenters. The van der Waals surface area contributed by atoms with Gasteiger partial charge in [0.25, 0.3) is 0 Å². The Bertz CT molecular complexity index is 1190. The molecule has 0 saturated carbocycles. The molecule has 182 valence electrons. The molecule has 1 aromatic heterocycles. The highest BCUT2D eigenvalue weighted by Crippen LogP contribution is 2.60. The van der Waals surface area contributed by atoms with Gasteiger partial charge in [0.2, 0.25) is 5.13 Å². The first-order valence-electron chi connectivity index (χ1n) is 11.4. The lowest BCUT2D eigenvalue weighted by Crippen LogP contribution is -2.18. The zero-order chi connectivity index (χ0) is 24.5. The van der Waals surface area contributed by atoms with E-state index in [-0.39, 0.29) is 0 Å². The van der Waals surface area contributed by atoms with Crippen molar-refractivity contribution in [3.8, 4) is 17.2 Å². The average molecular weight is 510 g/mol. The Labute approximate surface area is 209 Å². The summed E-state index contributed by atoms with van der Waals surface area (Å²) in [4.78, 5) is 0. The molecule has 0 aliphatic carbocycles. The number of methoxy groups -OCH3 is 1. The molecule has 0 aliphatic rings. The molecule has 4 aromatic rings. The maximum Gasteiger partial charge on any atom is 0.457 e. The predicted molar refractivity (Wildman–Crippen MR) is 140 cm³/mol. The molecule has 9 heteroatoms. The number of hydrogen-bond donors (Lipinski definition) is 1. The van der Waals surface area contributed by atoms with Crippen LogP contribution in [-0.2, 0) is 11.0 Å². The fraction of sp³-hybridized carbons (Fsp3) is 0.231. The summed E-state index contributed by atoms with van der Waals surface area (Å²) in [5.41, 5.74) is 0.700. The van der Waals surface area contributed by atoms with Gasteiger partial charge in [-0.2, -0.15) is 0 Å². The Morgan fingerprint density at radius 1 is 0.857 bits per heavy atom. The van der Waals surface area contributed by atoms with E-state index >= 15 is 0 Å². The summed E-state index contributed by atoms with van der Waals surface area (Å²) in [6.07, 6.45) is 2.95. The standard InChI is InChI=1S/C26H28N3O4PS/c1-3-4-15-24-28-29-26(35-24)27-25(20-16-18-21(31-2)19-17-20)34(30,32-22-11-7-5-8-12-22)33-23-13-9-6-10-14-23/h5-14,16-19,25H,3-4,15H2,1-2H3,(H,27,29). The quantitative estimate of drug-likeness (QED) is 0.200. The van der Waals surface area contributed by atoms with Gasteiger partial charge < -0.3 is 19.1 Å². The summed E-state index contributed by atoms with van der Waals surface area (Å²) in [6.45, 7) is 2.14. The number of nitrogens with zero attached hydrogens (tertiary/aromatic N) is 2. The Morgan fingerprint density at radius 3 is 2.00 bits per heavy atom. The van der Waals surface area contributed by atoms with Crippen LogP contribution in [0.15, 0.2) is 84.9 Å². The summed E-state index contributed by atoms with van der Waals surface area (Å²) < 4.78 is 32.2. The minimum atomic E-state index is -3.91. The monoisotopic (exact) mass is 509 g/mol. The number of aromatic nitrogens is 2. The Balaban J connectivity index is 1.74. The Morgan fingerprint density at radius 2 is 1.46 bits per heavy atom. The van der Waals surface area contributed by atoms with E-state index in [1.165, 1.54) is 11.3 Å². The van der Waals surface area contributed by atoms with Crippen molar-refractivity contribution in [1.29, 1.82) is 0 Å². The summed E-state index contributed by atoms with van der Waals surface area (Å²) in [6, 6.07) is 25.3. The molecule has 1 N–H and O–H groups in total. The largest absolute Gasteiger partial charge is 0.497 e. The van der Waals surface area contributed by atoms with E-state index in [2.05, 4.69) is 22.4 Å². The smallest absolute Gasteiger partial charge is 0.457 e. The molecule has 0 fully saturated rings. The molecule has 35 heavy (non-hydrogen) atoms. The second-order valence-electron chi connectivity index (χ2n) is 7.77. The van der Waals surface area contributed by atoms with E-state index in [0.29, 0.717) is 27.9 Å². The molecular formula is C26H28N3O4PS. The van der Waals surface area contributed by atoms with Crippen LogP contribution in [0.5, 0.6) is 17.2 Å². The summed E-state index contributed by atoms with van der Waals surface area (Å²) in [5, 5.41) is 13.4. The summed E-state index contributed by atoms with van der Waals surface area (Å²) in [7, 11) is -2.31. The number of nitrogens with one attached hydrogen (secondary N) is 1. The molecule has 0 spiro atoms. The lowest BCUT2D eigenvalue weighted by molar-refractivity contribution is 0.376. The van der Waals surface area contributed by atoms with Gasteiger partial charge in [0.05, 0.1) is 7.11 Å². The first kappa shape index (κ1) is 24.8. The summed E-state index contributed by atoms with van der Waals surface area (Å²) in [5.74, 6) is 0.704. The van der Waals surface area contributed by atoms with Gasteiger partial charge in [0, 0.05) is 6.42 Å². The van der Waals surface area contributed by atoms with Crippen molar-refractivity contribution in [2.24, 2.45) is 0 Å². The van der Waals surface area contributed by atoms with Crippen LogP contribution in [0.3, 0.4) is 0 Å². The molecule has 4 rings (SSSR count). The molecule has 0 radical (unpaired) electrons. The van der Waals surface area contributed by atoms with Crippen LogP contribution < -0.4 is 19.1 Å². The van der Waals surface area contributed by atoms with Crippen molar-refractivity contribution in [1.82, 2.24) is 10.2 Å². The highest BCUT2D eigenvalue weighted by molar-refractivity contribution is 7.55. The van der Waals surface area contributed by atoms with Crippen molar-refractivity contribution in [3.05, 3.63) is 95.5 Å². The van der Waals surface area contributed by atoms with Gasteiger partial charge in [-0.1, -0.05) is 73.2 Å². The molecule has 1 atom stereocenters. The van der Waals surface area contributed by atoms with Crippen molar-refractivity contribution >= 4 is 24.1 Å². The molecule has 1 heterocycles. The highest BCUT2D eigenvalue weighted by Gasteiger charge is 2.41. The van der Waals surface area contributed by atoms with E-state index < -0.39 is 13.4 Å². The van der Waals surface area contributed by atoms with Crippen molar-refractivity contribution < 1.29 is 18.3 Å². The van der Waals surface area contributed by atoms with Crippen molar-refractivity contribution in [2.45, 2.75) is 32.0 Å². The third kappa shape index (κ3) is 6.62. The van der Waals surface area contributed by atoms with Gasteiger partial charge in [-0.05, 0) is 48.4 Å². The lowest BCUT2D eigenvalue weighted by atomic mass is 10.2. The third-order valence-corrected chi connectivity index (χ3v) is 8.08. The van der Waals surface area contributed by atoms with Gasteiger partial charge in [-0.3, -0.25) is 0 Å². The minimum absolute atomic E-state index is 0.438. The first-order chi connectivity index (χ1) is 17.1.